The number of aromatic amines is 1. The Bertz CT molecular complexity index is 673. The van der Waals surface area contributed by atoms with Crippen molar-refractivity contribution in [1.82, 2.24) is 15.6 Å². The van der Waals surface area contributed by atoms with Crippen LogP contribution in [-0.2, 0) is 12.8 Å². The van der Waals surface area contributed by atoms with E-state index < -0.39 is 0 Å². The number of aromatic hydroxyl groups is 1. The minimum Gasteiger partial charge on any atom is -0.508 e. The molecule has 0 spiro atoms. The fourth-order valence-corrected chi connectivity index (χ4v) is 2.45. The highest BCUT2D eigenvalue weighted by molar-refractivity contribution is 5.94. The first-order valence-electron chi connectivity index (χ1n) is 6.92. The Balaban J connectivity index is 1.66. The van der Waals surface area contributed by atoms with Gasteiger partial charge in [0.1, 0.15) is 5.75 Å². The van der Waals surface area contributed by atoms with Crippen LogP contribution in [0.25, 0.3) is 0 Å². The van der Waals surface area contributed by atoms with Crippen LogP contribution < -0.4 is 5.43 Å². The quantitative estimate of drug-likeness (QED) is 0.592. The number of nitrogens with one attached hydrogen (secondary N) is 2. The van der Waals surface area contributed by atoms with Crippen molar-refractivity contribution < 1.29 is 9.90 Å². The number of rotatable bonds is 3. The van der Waals surface area contributed by atoms with E-state index in [1.807, 2.05) is 0 Å². The second-order valence-electron chi connectivity index (χ2n) is 5.03. The molecule has 1 amide bonds. The predicted molar refractivity (Wildman–Crippen MR) is 78.4 cm³/mol. The van der Waals surface area contributed by atoms with E-state index in [4.69, 9.17) is 0 Å². The van der Waals surface area contributed by atoms with E-state index in [1.54, 1.807) is 24.3 Å². The fraction of sp³-hybridized carbons (Fsp3) is 0.267. The Morgan fingerprint density at radius 3 is 2.86 bits per heavy atom. The van der Waals surface area contributed by atoms with Gasteiger partial charge >= 0.3 is 0 Å². The molecule has 0 bridgehead atoms. The highest BCUT2D eigenvalue weighted by Gasteiger charge is 2.21. The van der Waals surface area contributed by atoms with Gasteiger partial charge in [0, 0.05) is 11.3 Å². The lowest BCUT2D eigenvalue weighted by Gasteiger charge is -2.10. The van der Waals surface area contributed by atoms with Crippen molar-refractivity contribution in [2.45, 2.75) is 25.7 Å². The van der Waals surface area contributed by atoms with Crippen molar-refractivity contribution >= 4 is 12.1 Å². The second kappa shape index (κ2) is 5.78. The molecule has 0 unspecified atom stereocenters. The molecule has 0 radical (unpaired) electrons. The number of amides is 1. The number of hydrazone groups is 1. The van der Waals surface area contributed by atoms with Gasteiger partial charge < -0.3 is 5.11 Å². The first-order chi connectivity index (χ1) is 10.2. The molecule has 0 aliphatic heterocycles. The molecule has 1 aliphatic rings. The highest BCUT2D eigenvalue weighted by atomic mass is 16.3. The summed E-state index contributed by atoms with van der Waals surface area (Å²) < 4.78 is 0. The summed E-state index contributed by atoms with van der Waals surface area (Å²) in [6.07, 6.45) is 5.58. The van der Waals surface area contributed by atoms with Gasteiger partial charge in [0.05, 0.1) is 6.21 Å². The molecule has 21 heavy (non-hydrogen) atoms. The molecule has 0 saturated carbocycles. The monoisotopic (exact) mass is 284 g/mol. The first-order valence-corrected chi connectivity index (χ1v) is 6.92. The number of hydrogen-bond acceptors (Lipinski definition) is 4. The van der Waals surface area contributed by atoms with Crippen LogP contribution in [0.15, 0.2) is 29.4 Å². The smallest absolute Gasteiger partial charge is 0.292 e. The van der Waals surface area contributed by atoms with Gasteiger partial charge in [-0.05, 0) is 55.5 Å². The lowest BCUT2D eigenvalue weighted by atomic mass is 9.96. The first kappa shape index (κ1) is 13.4. The lowest BCUT2D eigenvalue weighted by molar-refractivity contribution is 0.0949. The summed E-state index contributed by atoms with van der Waals surface area (Å²) in [6, 6.07) is 6.54. The molecule has 6 heteroatoms. The van der Waals surface area contributed by atoms with Crippen LogP contribution in [0.2, 0.25) is 0 Å². The number of hydrogen-bond donors (Lipinski definition) is 3. The molecule has 6 nitrogen and oxygen atoms in total. The number of carbonyl (C=O) groups excluding carboxylic acids is 1. The fourth-order valence-electron chi connectivity index (χ4n) is 2.45. The van der Waals surface area contributed by atoms with E-state index in [0.717, 1.165) is 42.5 Å². The maximum absolute atomic E-state index is 12.1. The molecule has 3 rings (SSSR count). The summed E-state index contributed by atoms with van der Waals surface area (Å²) in [6.45, 7) is 0. The zero-order valence-electron chi connectivity index (χ0n) is 11.5. The van der Waals surface area contributed by atoms with E-state index in [9.17, 15) is 9.90 Å². The van der Waals surface area contributed by atoms with Crippen LogP contribution in [-0.4, -0.2) is 27.4 Å². The van der Waals surface area contributed by atoms with E-state index in [0.29, 0.717) is 5.69 Å². The SMILES string of the molecule is O=C(N/N=C\c1ccc(O)cc1)c1n[nH]c2c1CCCC2. The zero-order chi connectivity index (χ0) is 14.7. The molecule has 3 N–H and O–H groups in total. The number of aromatic nitrogens is 2. The molecule has 0 saturated heterocycles. The number of fused-ring (bicyclic) bond motifs is 1. The predicted octanol–water partition coefficient (Wildman–Crippen LogP) is 1.76. The minimum atomic E-state index is -0.301. The Hall–Kier alpha value is -2.63. The molecule has 0 fully saturated rings. The third-order valence-corrected chi connectivity index (χ3v) is 3.54. The summed E-state index contributed by atoms with van der Waals surface area (Å²) in [7, 11) is 0. The average molecular weight is 284 g/mol. The number of carbonyl (C=O) groups is 1. The van der Waals surface area contributed by atoms with Crippen LogP contribution in [0.3, 0.4) is 0 Å². The maximum atomic E-state index is 12.1. The number of nitrogens with zero attached hydrogens (tertiary/aromatic N) is 2. The van der Waals surface area contributed by atoms with Crippen molar-refractivity contribution in [3.05, 3.63) is 46.8 Å². The zero-order valence-corrected chi connectivity index (χ0v) is 11.5. The van der Waals surface area contributed by atoms with Crippen LogP contribution in [0.1, 0.15) is 40.2 Å². The third-order valence-electron chi connectivity index (χ3n) is 3.54. The summed E-state index contributed by atoms with van der Waals surface area (Å²) in [5.74, 6) is -0.108. The Morgan fingerprint density at radius 2 is 2.05 bits per heavy atom. The number of benzene rings is 1. The van der Waals surface area contributed by atoms with Gasteiger partial charge in [0.25, 0.3) is 5.91 Å². The van der Waals surface area contributed by atoms with Gasteiger partial charge in [-0.1, -0.05) is 0 Å². The summed E-state index contributed by atoms with van der Waals surface area (Å²) in [5.41, 5.74) is 5.79. The van der Waals surface area contributed by atoms with Gasteiger partial charge in [-0.15, -0.1) is 0 Å². The number of phenols is 1. The normalized spacial score (nSPS) is 14.1. The third kappa shape index (κ3) is 2.94. The molecule has 0 atom stereocenters. The van der Waals surface area contributed by atoms with Gasteiger partial charge in [0.15, 0.2) is 5.69 Å². The maximum Gasteiger partial charge on any atom is 0.292 e. The molecule has 1 aromatic carbocycles. The van der Waals surface area contributed by atoms with Crippen molar-refractivity contribution in [3.8, 4) is 5.75 Å². The van der Waals surface area contributed by atoms with Gasteiger partial charge in [-0.25, -0.2) is 5.43 Å². The van der Waals surface area contributed by atoms with Crippen molar-refractivity contribution in [2.24, 2.45) is 5.10 Å². The lowest BCUT2D eigenvalue weighted by Crippen LogP contribution is -2.20. The highest BCUT2D eigenvalue weighted by Crippen LogP contribution is 2.21. The van der Waals surface area contributed by atoms with Gasteiger partial charge in [-0.3, -0.25) is 9.89 Å². The Morgan fingerprint density at radius 1 is 1.29 bits per heavy atom. The number of H-pyrrole nitrogens is 1. The van der Waals surface area contributed by atoms with Crippen molar-refractivity contribution in [1.29, 1.82) is 0 Å². The molecule has 1 heterocycles. The van der Waals surface area contributed by atoms with Crippen molar-refractivity contribution in [2.75, 3.05) is 0 Å². The molecular weight excluding hydrogens is 268 g/mol. The van der Waals surface area contributed by atoms with Crippen molar-refractivity contribution in [3.63, 3.8) is 0 Å². The van der Waals surface area contributed by atoms with E-state index in [-0.39, 0.29) is 11.7 Å². The largest absolute Gasteiger partial charge is 0.508 e. The van der Waals surface area contributed by atoms with Gasteiger partial charge in [0.2, 0.25) is 0 Å². The summed E-state index contributed by atoms with van der Waals surface area (Å²) in [5, 5.41) is 20.1. The number of phenolic OH excluding ortho intramolecular Hbond substituents is 1. The van der Waals surface area contributed by atoms with Crippen LogP contribution >= 0.6 is 0 Å². The molecule has 108 valence electrons. The Kier molecular flexibility index (Phi) is 3.68. The molecular formula is C15H16N4O2. The van der Waals surface area contributed by atoms with Crippen LogP contribution in [0.4, 0.5) is 0 Å². The van der Waals surface area contributed by atoms with E-state index in [1.165, 1.54) is 6.21 Å². The van der Waals surface area contributed by atoms with E-state index in [2.05, 4.69) is 20.7 Å². The number of aryl methyl sites for hydroxylation is 1. The van der Waals surface area contributed by atoms with Crippen LogP contribution in [0, 0.1) is 0 Å². The molecule has 2 aromatic rings. The second-order valence-corrected chi connectivity index (χ2v) is 5.03. The minimum absolute atomic E-state index is 0.194. The van der Waals surface area contributed by atoms with Crippen LogP contribution in [0.5, 0.6) is 5.75 Å². The summed E-state index contributed by atoms with van der Waals surface area (Å²) >= 11 is 0. The Labute approximate surface area is 121 Å². The summed E-state index contributed by atoms with van der Waals surface area (Å²) in [4.78, 5) is 12.1. The average Bonchev–Trinajstić information content (AvgIpc) is 2.93. The molecule has 1 aromatic heterocycles. The standard InChI is InChI=1S/C15H16N4O2/c20-11-7-5-10(6-8-11)9-16-19-15(21)14-12-3-1-2-4-13(12)17-18-14/h5-9,20H,1-4H2,(H,17,18)(H,19,21)/b16-9-. The molecule has 1 aliphatic carbocycles. The topological polar surface area (TPSA) is 90.4 Å². The van der Waals surface area contributed by atoms with E-state index >= 15 is 0 Å². The van der Waals surface area contributed by atoms with Gasteiger partial charge in [-0.2, -0.15) is 10.2 Å².